The number of phenols is 1. The monoisotopic (exact) mass is 789 g/mol. The maximum Gasteiger partial charge on any atom is 0.255 e. The highest BCUT2D eigenvalue weighted by Crippen LogP contribution is 2.54. The van der Waals surface area contributed by atoms with Crippen LogP contribution in [0, 0.1) is 5.92 Å². The average molecular weight is 790 g/mol. The lowest BCUT2D eigenvalue weighted by atomic mass is 9.64. The fraction of sp³-hybridized carbons (Fsp3) is 0.451. The Balaban J connectivity index is 0.685. The molecule has 7 aliphatic rings. The second kappa shape index (κ2) is 14.4. The summed E-state index contributed by atoms with van der Waals surface area (Å²) in [6.07, 6.45) is 9.80. The van der Waals surface area contributed by atoms with E-state index in [0.717, 1.165) is 88.1 Å². The number of nitrogens with one attached hydrogen (secondary N) is 1. The summed E-state index contributed by atoms with van der Waals surface area (Å²) in [4.78, 5) is 29.9. The molecule has 5 heterocycles. The van der Waals surface area contributed by atoms with Crippen molar-refractivity contribution in [2.45, 2.75) is 106 Å². The van der Waals surface area contributed by atoms with E-state index in [1.54, 1.807) is 0 Å². The van der Waals surface area contributed by atoms with E-state index in [9.17, 15) is 14.7 Å². The van der Waals surface area contributed by atoms with Gasteiger partial charge in [-0.2, -0.15) is 0 Å². The number of piperidine rings is 2. The molecule has 3 saturated heterocycles. The first-order valence-electron chi connectivity index (χ1n) is 22.2. The van der Waals surface area contributed by atoms with E-state index in [2.05, 4.69) is 83.5 Å². The number of aryl methyl sites for hydroxylation is 1. The molecule has 2 amide bonds. The number of ether oxygens (including phenoxy) is 2. The van der Waals surface area contributed by atoms with Crippen molar-refractivity contribution in [1.29, 1.82) is 0 Å². The quantitative estimate of drug-likeness (QED) is 0.204. The number of benzene rings is 4. The molecule has 8 nitrogen and oxygen atoms in total. The van der Waals surface area contributed by atoms with Gasteiger partial charge in [0.2, 0.25) is 5.91 Å². The van der Waals surface area contributed by atoms with Gasteiger partial charge in [0.05, 0.1) is 31.4 Å². The summed E-state index contributed by atoms with van der Waals surface area (Å²) in [7, 11) is 0. The molecule has 2 N–H and O–H groups in total. The number of hydrogen-bond donors (Lipinski definition) is 2. The van der Waals surface area contributed by atoms with Crippen LogP contribution in [0.4, 0.5) is 0 Å². The average Bonchev–Trinajstić information content (AvgIpc) is 3.78. The second-order valence-corrected chi connectivity index (χ2v) is 19.0. The number of amides is 2. The van der Waals surface area contributed by atoms with E-state index in [1.165, 1.54) is 39.8 Å². The maximum atomic E-state index is 13.5. The number of hydrogen-bond acceptors (Lipinski definition) is 6. The Labute approximate surface area is 347 Å². The number of phenolic OH excluding ortho intramolecular Hbond substituents is 1. The number of aromatic hydroxyl groups is 1. The minimum Gasteiger partial charge on any atom is -0.508 e. The zero-order valence-corrected chi connectivity index (χ0v) is 34.0. The first-order chi connectivity index (χ1) is 28.7. The standard InChI is InChI=1S/C51H55N3O5/c1-32-45(17-18-46(56)52-32)54-29-43-42(49(54)57)15-16-44-48(43)58-31-50(44)21-23-53(24-22-50)28-33-19-20-51(59-30-33)26-38(27-51)34-7-9-36(10-8-34)47-40(35-5-3-2-4-6-35)13-11-37-25-39(55)12-14-41(37)47/h2-10,12,14-16,25,33,38,40,45,47,55H,1,11,13,17-24,26-31H2,(H,52,56)/t33?,38?,40-,45?,47+,51?/m1/s1. The van der Waals surface area contributed by atoms with Gasteiger partial charge in [0.25, 0.3) is 5.91 Å². The Morgan fingerprint density at radius 1 is 0.847 bits per heavy atom. The van der Waals surface area contributed by atoms with E-state index in [-0.39, 0.29) is 34.8 Å². The van der Waals surface area contributed by atoms with Gasteiger partial charge in [-0.15, -0.1) is 0 Å². The van der Waals surface area contributed by atoms with Crippen LogP contribution in [0.3, 0.4) is 0 Å². The van der Waals surface area contributed by atoms with Crippen molar-refractivity contribution in [2.75, 3.05) is 32.8 Å². The fourth-order valence-electron chi connectivity index (χ4n) is 12.3. The van der Waals surface area contributed by atoms with Crippen molar-refractivity contribution in [3.8, 4) is 11.5 Å². The third kappa shape index (κ3) is 6.40. The molecule has 304 valence electrons. The van der Waals surface area contributed by atoms with Gasteiger partial charge in [-0.1, -0.05) is 73.3 Å². The molecule has 1 saturated carbocycles. The van der Waals surface area contributed by atoms with Crippen molar-refractivity contribution in [3.63, 3.8) is 0 Å². The highest BCUT2D eigenvalue weighted by molar-refractivity contribution is 6.00. The SMILES string of the molecule is C=C1NC(=O)CCC1N1Cc2c(ccc3c2OCC32CCN(CC3CCC4(CC(c5ccc([C@@H]6c7ccc(O)cc7CC[C@@H]6c6ccccc6)cc5)C4)OC3)CC2)C1=O. The van der Waals surface area contributed by atoms with Crippen molar-refractivity contribution >= 4 is 11.8 Å². The molecule has 2 spiro atoms. The molecule has 11 rings (SSSR count). The van der Waals surface area contributed by atoms with Gasteiger partial charge in [0, 0.05) is 46.7 Å². The van der Waals surface area contributed by atoms with Crippen LogP contribution in [-0.4, -0.2) is 71.2 Å². The van der Waals surface area contributed by atoms with Crippen LogP contribution >= 0.6 is 0 Å². The molecule has 2 aliphatic carbocycles. The van der Waals surface area contributed by atoms with Gasteiger partial charge in [-0.3, -0.25) is 9.59 Å². The van der Waals surface area contributed by atoms with Gasteiger partial charge >= 0.3 is 0 Å². The number of carbonyl (C=O) groups is 2. The minimum atomic E-state index is -0.179. The number of rotatable bonds is 6. The first kappa shape index (κ1) is 37.1. The van der Waals surface area contributed by atoms with Crippen LogP contribution in [0.5, 0.6) is 11.5 Å². The molecule has 4 fully saturated rings. The molecule has 0 aromatic heterocycles. The van der Waals surface area contributed by atoms with Gasteiger partial charge in [0.15, 0.2) is 0 Å². The molecule has 59 heavy (non-hydrogen) atoms. The number of nitrogens with zero attached hydrogens (tertiary/aromatic N) is 2. The lowest BCUT2D eigenvalue weighted by Crippen LogP contribution is -2.51. The second-order valence-electron chi connectivity index (χ2n) is 19.0. The van der Waals surface area contributed by atoms with Crippen molar-refractivity contribution in [2.24, 2.45) is 5.92 Å². The Morgan fingerprint density at radius 3 is 2.41 bits per heavy atom. The Morgan fingerprint density at radius 2 is 1.64 bits per heavy atom. The van der Waals surface area contributed by atoms with Crippen LogP contribution in [-0.2, 0) is 27.9 Å². The van der Waals surface area contributed by atoms with Gasteiger partial charge in [0.1, 0.15) is 11.5 Å². The van der Waals surface area contributed by atoms with E-state index in [0.29, 0.717) is 55.2 Å². The molecule has 8 heteroatoms. The predicted molar refractivity (Wildman–Crippen MR) is 227 cm³/mol. The highest BCUT2D eigenvalue weighted by Gasteiger charge is 2.50. The Kier molecular flexibility index (Phi) is 9.04. The Bertz CT molecular complexity index is 2300. The first-order valence-corrected chi connectivity index (χ1v) is 22.2. The summed E-state index contributed by atoms with van der Waals surface area (Å²) < 4.78 is 13.3. The summed E-state index contributed by atoms with van der Waals surface area (Å²) in [5, 5.41) is 13.1. The summed E-state index contributed by atoms with van der Waals surface area (Å²) in [6.45, 7) is 9.29. The maximum absolute atomic E-state index is 13.5. The molecule has 0 bridgehead atoms. The lowest BCUT2D eigenvalue weighted by Gasteiger charge is -2.52. The number of carbonyl (C=O) groups excluding carboxylic acids is 2. The molecule has 4 atom stereocenters. The molecule has 4 aromatic rings. The van der Waals surface area contributed by atoms with E-state index in [4.69, 9.17) is 9.47 Å². The third-order valence-corrected chi connectivity index (χ3v) is 15.7. The van der Waals surface area contributed by atoms with Crippen molar-refractivity contribution < 1.29 is 24.2 Å². The van der Waals surface area contributed by atoms with Crippen LogP contribution in [0.2, 0.25) is 0 Å². The molecule has 2 unspecified atom stereocenters. The highest BCUT2D eigenvalue weighted by atomic mass is 16.5. The largest absolute Gasteiger partial charge is 0.508 e. The molecular weight excluding hydrogens is 735 g/mol. The van der Waals surface area contributed by atoms with Crippen LogP contribution in [0.15, 0.2) is 97.2 Å². The summed E-state index contributed by atoms with van der Waals surface area (Å²) in [6, 6.07) is 30.4. The topological polar surface area (TPSA) is 91.3 Å². The normalized spacial score (nSPS) is 29.7. The smallest absolute Gasteiger partial charge is 0.255 e. The van der Waals surface area contributed by atoms with Crippen molar-refractivity contribution in [3.05, 3.63) is 142 Å². The Hall–Kier alpha value is -4.92. The summed E-state index contributed by atoms with van der Waals surface area (Å²) in [5.41, 5.74) is 10.5. The van der Waals surface area contributed by atoms with Gasteiger partial charge < -0.3 is 29.7 Å². The molecule has 5 aliphatic heterocycles. The number of likely N-dealkylation sites (tertiary alicyclic amines) is 1. The summed E-state index contributed by atoms with van der Waals surface area (Å²) in [5.74, 6) is 3.07. The minimum absolute atomic E-state index is 0.000483. The van der Waals surface area contributed by atoms with Crippen LogP contribution in [0.1, 0.15) is 125 Å². The van der Waals surface area contributed by atoms with Gasteiger partial charge in [-0.05, 0) is 135 Å². The lowest BCUT2D eigenvalue weighted by molar-refractivity contribution is -0.157. The zero-order chi connectivity index (χ0) is 39.9. The molecular formula is C51H55N3O5. The molecule has 4 aromatic carbocycles. The summed E-state index contributed by atoms with van der Waals surface area (Å²) >= 11 is 0. The van der Waals surface area contributed by atoms with Crippen molar-refractivity contribution in [1.82, 2.24) is 15.1 Å². The van der Waals surface area contributed by atoms with Gasteiger partial charge in [-0.25, -0.2) is 0 Å². The van der Waals surface area contributed by atoms with E-state index >= 15 is 0 Å². The fourth-order valence-corrected chi connectivity index (χ4v) is 12.3. The predicted octanol–water partition coefficient (Wildman–Crippen LogP) is 8.47. The van der Waals surface area contributed by atoms with Crippen LogP contribution < -0.4 is 10.1 Å². The van der Waals surface area contributed by atoms with Crippen LogP contribution in [0.25, 0.3) is 0 Å². The number of fused-ring (bicyclic) bond motifs is 5. The zero-order valence-electron chi connectivity index (χ0n) is 34.0. The van der Waals surface area contributed by atoms with E-state index < -0.39 is 0 Å². The third-order valence-electron chi connectivity index (χ3n) is 15.7. The molecule has 0 radical (unpaired) electrons. The van der Waals surface area contributed by atoms with E-state index in [1.807, 2.05) is 23.1 Å².